The van der Waals surface area contributed by atoms with Gasteiger partial charge in [0, 0.05) is 12.1 Å². The fraction of sp³-hybridized carbons (Fsp3) is 0.714. The average molecular weight is 207 g/mol. The van der Waals surface area contributed by atoms with Gasteiger partial charge in [-0.1, -0.05) is 65.8 Å². The van der Waals surface area contributed by atoms with Crippen LogP contribution in [0, 0.1) is 10.8 Å². The number of rotatable bonds is 2. The van der Waals surface area contributed by atoms with E-state index < -0.39 is 0 Å². The lowest BCUT2D eigenvalue weighted by molar-refractivity contribution is 0.138. The van der Waals surface area contributed by atoms with Gasteiger partial charge in [-0.15, -0.1) is 0 Å². The highest BCUT2D eigenvalue weighted by Crippen LogP contribution is 2.33. The van der Waals surface area contributed by atoms with Crippen LogP contribution in [0.5, 0.6) is 0 Å². The summed E-state index contributed by atoms with van der Waals surface area (Å²) in [6.07, 6.45) is 8.65. The Hall–Kier alpha value is -0.560. The standard InChI is InChI=1S/C14H25N/c1-13(2,3)12(14(4,5)6)15-11-9-7-8-10-11/h7-12,15H,1-6H3. The SMILES string of the molecule is CC(C)(C)C(NC1C=CC=C1)C(C)(C)C. The Morgan fingerprint density at radius 3 is 1.60 bits per heavy atom. The first-order valence-corrected chi connectivity index (χ1v) is 5.82. The Balaban J connectivity index is 2.74. The third kappa shape index (κ3) is 3.49. The lowest BCUT2D eigenvalue weighted by Gasteiger charge is -2.42. The molecule has 15 heavy (non-hydrogen) atoms. The van der Waals surface area contributed by atoms with Gasteiger partial charge < -0.3 is 5.32 Å². The van der Waals surface area contributed by atoms with E-state index in [4.69, 9.17) is 0 Å². The maximum Gasteiger partial charge on any atom is 0.0444 e. The van der Waals surface area contributed by atoms with Gasteiger partial charge in [0.1, 0.15) is 0 Å². The van der Waals surface area contributed by atoms with E-state index in [1.165, 1.54) is 0 Å². The van der Waals surface area contributed by atoms with Gasteiger partial charge in [0.25, 0.3) is 0 Å². The lowest BCUT2D eigenvalue weighted by atomic mass is 9.72. The molecule has 0 unspecified atom stereocenters. The average Bonchev–Trinajstić information content (AvgIpc) is 2.46. The fourth-order valence-corrected chi connectivity index (χ4v) is 2.53. The van der Waals surface area contributed by atoms with Crippen molar-refractivity contribution in [1.29, 1.82) is 0 Å². The maximum absolute atomic E-state index is 3.72. The van der Waals surface area contributed by atoms with Gasteiger partial charge in [-0.05, 0) is 10.8 Å². The molecule has 0 radical (unpaired) electrons. The molecule has 0 heterocycles. The molecule has 1 rings (SSSR count). The van der Waals surface area contributed by atoms with Crippen LogP contribution in [0.2, 0.25) is 0 Å². The van der Waals surface area contributed by atoms with Crippen molar-refractivity contribution in [2.24, 2.45) is 10.8 Å². The molecule has 1 N–H and O–H groups in total. The maximum atomic E-state index is 3.72. The Bertz CT molecular complexity index is 234. The first kappa shape index (κ1) is 12.5. The van der Waals surface area contributed by atoms with Crippen molar-refractivity contribution >= 4 is 0 Å². The summed E-state index contributed by atoms with van der Waals surface area (Å²) >= 11 is 0. The predicted octanol–water partition coefficient (Wildman–Crippen LogP) is 3.53. The van der Waals surface area contributed by atoms with Crippen LogP contribution in [0.15, 0.2) is 24.3 Å². The topological polar surface area (TPSA) is 12.0 Å². The summed E-state index contributed by atoms with van der Waals surface area (Å²) in [5.41, 5.74) is 0.561. The van der Waals surface area contributed by atoms with Gasteiger partial charge >= 0.3 is 0 Å². The van der Waals surface area contributed by atoms with Gasteiger partial charge in [0.05, 0.1) is 0 Å². The van der Waals surface area contributed by atoms with Crippen LogP contribution in [0.25, 0.3) is 0 Å². The number of nitrogens with one attached hydrogen (secondary N) is 1. The van der Waals surface area contributed by atoms with Crippen LogP contribution >= 0.6 is 0 Å². The van der Waals surface area contributed by atoms with E-state index in [1.807, 2.05) is 0 Å². The van der Waals surface area contributed by atoms with E-state index in [0.29, 0.717) is 12.1 Å². The first-order valence-electron chi connectivity index (χ1n) is 5.82. The Morgan fingerprint density at radius 2 is 1.27 bits per heavy atom. The van der Waals surface area contributed by atoms with E-state index in [9.17, 15) is 0 Å². The van der Waals surface area contributed by atoms with Crippen molar-refractivity contribution in [2.75, 3.05) is 0 Å². The molecule has 86 valence electrons. The molecule has 0 aromatic rings. The van der Waals surface area contributed by atoms with Crippen LogP contribution in [-0.2, 0) is 0 Å². The summed E-state index contributed by atoms with van der Waals surface area (Å²) in [6.45, 7) is 13.8. The number of hydrogen-bond donors (Lipinski definition) is 1. The molecule has 0 spiro atoms. The fourth-order valence-electron chi connectivity index (χ4n) is 2.53. The number of allylic oxidation sites excluding steroid dienone is 2. The largest absolute Gasteiger partial charge is 0.303 e. The van der Waals surface area contributed by atoms with Crippen molar-refractivity contribution in [2.45, 2.75) is 53.6 Å². The van der Waals surface area contributed by atoms with Crippen molar-refractivity contribution < 1.29 is 0 Å². The number of hydrogen-bond acceptors (Lipinski definition) is 1. The minimum Gasteiger partial charge on any atom is -0.303 e. The molecule has 0 saturated heterocycles. The molecular formula is C14H25N. The quantitative estimate of drug-likeness (QED) is 0.730. The summed E-state index contributed by atoms with van der Waals surface area (Å²) in [7, 11) is 0. The molecule has 0 fully saturated rings. The molecule has 0 aromatic heterocycles. The molecule has 0 bridgehead atoms. The Morgan fingerprint density at radius 1 is 0.867 bits per heavy atom. The lowest BCUT2D eigenvalue weighted by Crippen LogP contribution is -2.51. The third-order valence-corrected chi connectivity index (χ3v) is 2.84. The zero-order valence-electron chi connectivity index (χ0n) is 11.0. The van der Waals surface area contributed by atoms with Crippen molar-refractivity contribution in [3.8, 4) is 0 Å². The van der Waals surface area contributed by atoms with Crippen LogP contribution in [0.3, 0.4) is 0 Å². The molecule has 0 aliphatic heterocycles. The monoisotopic (exact) mass is 207 g/mol. The zero-order valence-corrected chi connectivity index (χ0v) is 11.0. The highest BCUT2D eigenvalue weighted by molar-refractivity contribution is 5.22. The van der Waals surface area contributed by atoms with Crippen LogP contribution in [0.1, 0.15) is 41.5 Å². The van der Waals surface area contributed by atoms with Gasteiger partial charge in [-0.3, -0.25) is 0 Å². The molecular weight excluding hydrogens is 182 g/mol. The van der Waals surface area contributed by atoms with Crippen molar-refractivity contribution in [3.05, 3.63) is 24.3 Å². The molecule has 0 amide bonds. The summed E-state index contributed by atoms with van der Waals surface area (Å²) in [5.74, 6) is 0. The second-order valence-electron chi connectivity index (χ2n) is 6.63. The van der Waals surface area contributed by atoms with Gasteiger partial charge in [-0.2, -0.15) is 0 Å². The van der Waals surface area contributed by atoms with Gasteiger partial charge in [-0.25, -0.2) is 0 Å². The van der Waals surface area contributed by atoms with Crippen LogP contribution in [0.4, 0.5) is 0 Å². The second kappa shape index (κ2) is 4.13. The minimum absolute atomic E-state index is 0.280. The first-order chi connectivity index (χ1) is 6.71. The van der Waals surface area contributed by atoms with Gasteiger partial charge in [0.15, 0.2) is 0 Å². The zero-order chi connectivity index (χ0) is 11.7. The van der Waals surface area contributed by atoms with E-state index in [0.717, 1.165) is 0 Å². The smallest absolute Gasteiger partial charge is 0.0444 e. The molecule has 0 aromatic carbocycles. The predicted molar refractivity (Wildman–Crippen MR) is 67.9 cm³/mol. The Labute approximate surface area is 94.6 Å². The van der Waals surface area contributed by atoms with Crippen molar-refractivity contribution in [1.82, 2.24) is 5.32 Å². The molecule has 0 atom stereocenters. The van der Waals surface area contributed by atoms with Gasteiger partial charge in [0.2, 0.25) is 0 Å². The highest BCUT2D eigenvalue weighted by Gasteiger charge is 2.35. The molecule has 1 heteroatoms. The normalized spacial score (nSPS) is 18.1. The molecule has 1 aliphatic carbocycles. The van der Waals surface area contributed by atoms with Crippen molar-refractivity contribution in [3.63, 3.8) is 0 Å². The summed E-state index contributed by atoms with van der Waals surface area (Å²) in [6, 6.07) is 0.913. The summed E-state index contributed by atoms with van der Waals surface area (Å²) in [5, 5.41) is 3.72. The van der Waals surface area contributed by atoms with Crippen LogP contribution in [-0.4, -0.2) is 12.1 Å². The summed E-state index contributed by atoms with van der Waals surface area (Å²) in [4.78, 5) is 0. The molecule has 1 aliphatic rings. The van der Waals surface area contributed by atoms with E-state index in [1.54, 1.807) is 0 Å². The van der Waals surface area contributed by atoms with E-state index >= 15 is 0 Å². The Kier molecular flexibility index (Phi) is 3.44. The second-order valence-corrected chi connectivity index (χ2v) is 6.63. The molecule has 0 saturated carbocycles. The highest BCUT2D eigenvalue weighted by atomic mass is 15.0. The molecule has 1 nitrogen and oxygen atoms in total. The minimum atomic E-state index is 0.280. The van der Waals surface area contributed by atoms with E-state index in [-0.39, 0.29) is 10.8 Å². The van der Waals surface area contributed by atoms with E-state index in [2.05, 4.69) is 71.2 Å². The third-order valence-electron chi connectivity index (χ3n) is 2.84. The summed E-state index contributed by atoms with van der Waals surface area (Å²) < 4.78 is 0. The van der Waals surface area contributed by atoms with Crippen LogP contribution < -0.4 is 5.32 Å².